The zero-order valence-electron chi connectivity index (χ0n) is 26.4. The average Bonchev–Trinajstić information content (AvgIpc) is 3.69. The lowest BCUT2D eigenvalue weighted by atomic mass is 9.79. The maximum absolute atomic E-state index is 15.2. The van der Waals surface area contributed by atoms with Gasteiger partial charge in [-0.25, -0.2) is 0 Å². The molecule has 1 saturated heterocycles. The molecule has 266 valence electrons. The Morgan fingerprint density at radius 2 is 1.86 bits per heavy atom. The molecule has 49 heavy (non-hydrogen) atoms. The Balaban J connectivity index is 1.63. The largest absolute Gasteiger partial charge is 0.474 e. The molecule has 0 spiro atoms. The van der Waals surface area contributed by atoms with Crippen molar-refractivity contribution >= 4 is 52.0 Å². The van der Waals surface area contributed by atoms with Crippen molar-refractivity contribution in [3.8, 4) is 5.75 Å². The van der Waals surface area contributed by atoms with Crippen molar-refractivity contribution in [3.05, 3.63) is 66.8 Å². The van der Waals surface area contributed by atoms with Gasteiger partial charge in [0.2, 0.25) is 11.5 Å². The molecule has 3 atom stereocenters. The van der Waals surface area contributed by atoms with Crippen LogP contribution in [0.4, 0.5) is 26.3 Å². The maximum atomic E-state index is 15.2. The number of thiophene rings is 2. The second kappa shape index (κ2) is 14.5. The summed E-state index contributed by atoms with van der Waals surface area (Å²) >= 11 is 8.08. The van der Waals surface area contributed by atoms with Crippen molar-refractivity contribution < 1.29 is 45.5 Å². The molecule has 5 heterocycles. The second-order valence-corrected chi connectivity index (χ2v) is 14.5. The van der Waals surface area contributed by atoms with Crippen LogP contribution in [-0.2, 0) is 28.4 Å². The van der Waals surface area contributed by atoms with Gasteiger partial charge in [-0.3, -0.25) is 19.4 Å². The molecule has 2 aliphatic heterocycles. The van der Waals surface area contributed by atoms with Crippen LogP contribution >= 0.6 is 34.3 Å². The molecular formula is C32H33ClF6N4O4S2. The van der Waals surface area contributed by atoms with Crippen LogP contribution in [0.15, 0.2) is 35.8 Å². The average molecular weight is 751 g/mol. The van der Waals surface area contributed by atoms with Gasteiger partial charge in [0.05, 0.1) is 22.0 Å². The molecule has 0 aromatic carbocycles. The first-order chi connectivity index (χ1) is 23.1. The number of carbonyl (C=O) groups is 3. The van der Waals surface area contributed by atoms with Gasteiger partial charge in [-0.2, -0.15) is 26.3 Å². The number of nitrogens with zero attached hydrogens (tertiary/aromatic N) is 3. The Labute approximate surface area is 291 Å². The zero-order valence-corrected chi connectivity index (χ0v) is 28.8. The van der Waals surface area contributed by atoms with E-state index in [1.807, 2.05) is 0 Å². The summed E-state index contributed by atoms with van der Waals surface area (Å²) in [6, 6.07) is 2.44. The fourth-order valence-electron chi connectivity index (χ4n) is 6.70. The number of hydrogen-bond acceptors (Lipinski definition) is 7. The van der Waals surface area contributed by atoms with Crippen LogP contribution in [0.1, 0.15) is 82.9 Å². The summed E-state index contributed by atoms with van der Waals surface area (Å²) in [7, 11) is 1.48. The minimum Gasteiger partial charge on any atom is -0.474 e. The Hall–Kier alpha value is -3.37. The Bertz CT molecular complexity index is 1700. The van der Waals surface area contributed by atoms with E-state index in [9.17, 15) is 35.9 Å². The first-order valence-electron chi connectivity index (χ1n) is 15.6. The first-order valence-corrected chi connectivity index (χ1v) is 17.7. The molecule has 3 amide bonds. The highest BCUT2D eigenvalue weighted by atomic mass is 35.5. The lowest BCUT2D eigenvalue weighted by Crippen LogP contribution is -2.68. The van der Waals surface area contributed by atoms with Gasteiger partial charge in [0.15, 0.2) is 0 Å². The van der Waals surface area contributed by atoms with E-state index in [2.05, 4.69) is 10.3 Å². The molecule has 8 nitrogen and oxygen atoms in total. The molecule has 1 N–H and O–H groups in total. The third kappa shape index (κ3) is 7.55. The standard InChI is InChI=1S/C32H33ClF6N4O4S2/c1-3-6-23-30(47-18-15-24(48-17-18)32(37,38)39,11-5-13-43(23)28(45)27-20(31(34,35)36)7-4-12-41-27)29(46)42-14-10-22-19(16-25(33)49-22)21(42)8-9-26(44)40-2/h4,7,12,15-17,21,23H,3,5-6,8-11,13-14H2,1-2H3,(H,40,44)/t21?,23-,30+/m1/s1. The SMILES string of the molecule is CCC[C@H]1N(C(=O)c2ncccc2C(F)(F)F)CCC[C@@]1(Oc1csc(C(F)(F)F)c1)C(=O)N1CCc2sc(Cl)cc2C1CCC(=O)NC. The molecular weight excluding hydrogens is 718 g/mol. The van der Waals surface area contributed by atoms with Crippen LogP contribution < -0.4 is 10.1 Å². The van der Waals surface area contributed by atoms with E-state index in [-0.39, 0.29) is 56.9 Å². The molecule has 0 aliphatic carbocycles. The highest BCUT2D eigenvalue weighted by Gasteiger charge is 2.57. The number of alkyl halides is 6. The third-order valence-electron chi connectivity index (χ3n) is 8.83. The van der Waals surface area contributed by atoms with Gasteiger partial charge in [-0.05, 0) is 49.4 Å². The van der Waals surface area contributed by atoms with Gasteiger partial charge in [-0.15, -0.1) is 22.7 Å². The number of ether oxygens (including phenoxy) is 1. The summed E-state index contributed by atoms with van der Waals surface area (Å²) in [6.07, 6.45) is -7.45. The van der Waals surface area contributed by atoms with E-state index < -0.39 is 58.0 Å². The van der Waals surface area contributed by atoms with E-state index in [0.29, 0.717) is 28.5 Å². The number of pyridine rings is 1. The van der Waals surface area contributed by atoms with Gasteiger partial charge >= 0.3 is 12.4 Å². The van der Waals surface area contributed by atoms with Crippen molar-refractivity contribution in [2.75, 3.05) is 20.1 Å². The van der Waals surface area contributed by atoms with Gasteiger partial charge in [0.25, 0.3) is 11.8 Å². The van der Waals surface area contributed by atoms with E-state index in [4.69, 9.17) is 16.3 Å². The minimum atomic E-state index is -4.91. The number of nitrogens with one attached hydrogen (secondary N) is 1. The van der Waals surface area contributed by atoms with Crippen molar-refractivity contribution in [3.63, 3.8) is 0 Å². The number of fused-ring (bicyclic) bond motifs is 1. The Morgan fingerprint density at radius 1 is 1.10 bits per heavy atom. The van der Waals surface area contributed by atoms with Crippen LogP contribution in [0.2, 0.25) is 4.34 Å². The molecule has 1 fully saturated rings. The molecule has 2 aliphatic rings. The van der Waals surface area contributed by atoms with Crippen molar-refractivity contribution in [1.29, 1.82) is 0 Å². The number of hydrogen-bond donors (Lipinski definition) is 1. The van der Waals surface area contributed by atoms with Gasteiger partial charge in [0.1, 0.15) is 16.3 Å². The van der Waals surface area contributed by atoms with Gasteiger partial charge < -0.3 is 19.9 Å². The smallest absolute Gasteiger partial charge is 0.425 e. The van der Waals surface area contributed by atoms with Crippen LogP contribution in [-0.4, -0.2) is 64.3 Å². The van der Waals surface area contributed by atoms with Gasteiger partial charge in [-0.1, -0.05) is 24.9 Å². The predicted octanol–water partition coefficient (Wildman–Crippen LogP) is 7.77. The topological polar surface area (TPSA) is 91.8 Å². The summed E-state index contributed by atoms with van der Waals surface area (Å²) in [6.45, 7) is 1.86. The quantitative estimate of drug-likeness (QED) is 0.226. The van der Waals surface area contributed by atoms with E-state index in [1.165, 1.54) is 23.3 Å². The number of carbonyl (C=O) groups excluding carboxylic acids is 3. The van der Waals surface area contributed by atoms with E-state index in [1.54, 1.807) is 13.0 Å². The minimum absolute atomic E-state index is 0.0358. The molecule has 0 saturated carbocycles. The lowest BCUT2D eigenvalue weighted by molar-refractivity contribution is -0.162. The first kappa shape index (κ1) is 36.9. The number of likely N-dealkylation sites (tertiary alicyclic amines) is 1. The van der Waals surface area contributed by atoms with Crippen LogP contribution in [0.3, 0.4) is 0 Å². The Kier molecular flexibility index (Phi) is 10.9. The fraction of sp³-hybridized carbons (Fsp3) is 0.500. The lowest BCUT2D eigenvalue weighted by Gasteiger charge is -2.51. The summed E-state index contributed by atoms with van der Waals surface area (Å²) < 4.78 is 89.9. The van der Waals surface area contributed by atoms with E-state index >= 15 is 4.79 Å². The molecule has 0 radical (unpaired) electrons. The normalized spacial score (nSPS) is 21.3. The Morgan fingerprint density at radius 3 is 2.51 bits per heavy atom. The van der Waals surface area contributed by atoms with Crippen LogP contribution in [0, 0.1) is 0 Å². The zero-order chi connectivity index (χ0) is 35.7. The van der Waals surface area contributed by atoms with Gasteiger partial charge in [0, 0.05) is 55.5 Å². The highest BCUT2D eigenvalue weighted by Crippen LogP contribution is 2.46. The molecule has 1 unspecified atom stereocenters. The van der Waals surface area contributed by atoms with Crippen LogP contribution in [0.5, 0.6) is 5.75 Å². The summed E-state index contributed by atoms with van der Waals surface area (Å²) in [4.78, 5) is 47.9. The fourth-order valence-corrected chi connectivity index (χ4v) is 8.70. The summed E-state index contributed by atoms with van der Waals surface area (Å²) in [5.74, 6) is -2.25. The van der Waals surface area contributed by atoms with Crippen LogP contribution in [0.25, 0.3) is 0 Å². The van der Waals surface area contributed by atoms with Crippen molar-refractivity contribution in [2.45, 2.75) is 81.9 Å². The summed E-state index contributed by atoms with van der Waals surface area (Å²) in [5, 5.41) is 3.68. The molecule has 3 aromatic rings. The number of aromatic nitrogens is 1. The second-order valence-electron chi connectivity index (χ2n) is 11.8. The number of rotatable bonds is 9. The molecule has 3 aromatic heterocycles. The monoisotopic (exact) mass is 750 g/mol. The predicted molar refractivity (Wildman–Crippen MR) is 172 cm³/mol. The van der Waals surface area contributed by atoms with Crippen molar-refractivity contribution in [2.24, 2.45) is 0 Å². The molecule has 17 heteroatoms. The number of amides is 3. The maximum Gasteiger partial charge on any atom is 0.425 e. The molecule has 0 bridgehead atoms. The van der Waals surface area contributed by atoms with E-state index in [0.717, 1.165) is 45.1 Å². The number of halogens is 7. The number of piperidine rings is 1. The molecule has 5 rings (SSSR count). The third-order valence-corrected chi connectivity index (χ3v) is 11.1. The van der Waals surface area contributed by atoms with Crippen molar-refractivity contribution in [1.82, 2.24) is 20.1 Å². The highest BCUT2D eigenvalue weighted by molar-refractivity contribution is 7.16. The summed E-state index contributed by atoms with van der Waals surface area (Å²) in [5.41, 5.74) is -3.38.